The Kier molecular flexibility index (Phi) is 4.34. The van der Waals surface area contributed by atoms with Crippen molar-refractivity contribution in [2.45, 2.75) is 6.42 Å². The van der Waals surface area contributed by atoms with E-state index < -0.39 is 17.8 Å². The van der Waals surface area contributed by atoms with Gasteiger partial charge in [0.1, 0.15) is 5.75 Å². The molecule has 2 bridgehead atoms. The smallest absolute Gasteiger partial charge is 0.307 e. The maximum absolute atomic E-state index is 13.1. The third-order valence-corrected chi connectivity index (χ3v) is 6.05. The summed E-state index contributed by atoms with van der Waals surface area (Å²) < 4.78 is 5.43. The second kappa shape index (κ2) is 6.67. The molecule has 26 heavy (non-hydrogen) atoms. The third-order valence-electron chi connectivity index (χ3n) is 6.05. The summed E-state index contributed by atoms with van der Waals surface area (Å²) in [7, 11) is 1.66. The number of fused-ring (bicyclic) bond motifs is 2. The van der Waals surface area contributed by atoms with Crippen LogP contribution in [0.4, 0.5) is 5.69 Å². The number of carboxylic acid groups (broad SMARTS) is 1. The maximum atomic E-state index is 13.1. The van der Waals surface area contributed by atoms with Gasteiger partial charge < -0.3 is 19.6 Å². The molecular formula is C20H24N2O4. The molecule has 1 heterocycles. The Bertz CT molecular complexity index is 739. The van der Waals surface area contributed by atoms with Gasteiger partial charge in [-0.1, -0.05) is 24.3 Å². The summed E-state index contributed by atoms with van der Waals surface area (Å²) in [6.45, 7) is 2.67. The van der Waals surface area contributed by atoms with Gasteiger partial charge in [-0.2, -0.15) is 0 Å². The van der Waals surface area contributed by atoms with Crippen LogP contribution >= 0.6 is 0 Å². The number of methoxy groups -OCH3 is 1. The summed E-state index contributed by atoms with van der Waals surface area (Å²) >= 11 is 0. The molecule has 4 atom stereocenters. The lowest BCUT2D eigenvalue weighted by atomic mass is 9.82. The van der Waals surface area contributed by atoms with Crippen LogP contribution in [0.15, 0.2) is 36.4 Å². The molecule has 2 fully saturated rings. The zero-order chi connectivity index (χ0) is 18.3. The highest BCUT2D eigenvalue weighted by molar-refractivity contribution is 5.87. The molecule has 1 saturated carbocycles. The number of amides is 1. The first-order chi connectivity index (χ1) is 12.6. The van der Waals surface area contributed by atoms with Crippen LogP contribution in [0.5, 0.6) is 5.75 Å². The molecule has 6 nitrogen and oxygen atoms in total. The predicted molar refractivity (Wildman–Crippen MR) is 97.1 cm³/mol. The molecule has 4 rings (SSSR count). The highest BCUT2D eigenvalue weighted by atomic mass is 16.5. The Labute approximate surface area is 153 Å². The van der Waals surface area contributed by atoms with Gasteiger partial charge in [-0.15, -0.1) is 0 Å². The van der Waals surface area contributed by atoms with Gasteiger partial charge in [0, 0.05) is 26.2 Å². The van der Waals surface area contributed by atoms with Crippen molar-refractivity contribution in [3.8, 4) is 5.75 Å². The number of hydrogen-bond acceptors (Lipinski definition) is 4. The molecule has 0 aromatic heterocycles. The van der Waals surface area contributed by atoms with E-state index >= 15 is 0 Å². The lowest BCUT2D eigenvalue weighted by Crippen LogP contribution is -2.52. The lowest BCUT2D eigenvalue weighted by Gasteiger charge is -2.39. The van der Waals surface area contributed by atoms with Crippen molar-refractivity contribution in [3.63, 3.8) is 0 Å². The van der Waals surface area contributed by atoms with Gasteiger partial charge in [0.2, 0.25) is 5.91 Å². The Morgan fingerprint density at radius 3 is 2.35 bits per heavy atom. The van der Waals surface area contributed by atoms with E-state index in [0.29, 0.717) is 13.1 Å². The van der Waals surface area contributed by atoms with Crippen molar-refractivity contribution < 1.29 is 19.4 Å². The van der Waals surface area contributed by atoms with Crippen molar-refractivity contribution in [3.05, 3.63) is 36.4 Å². The van der Waals surface area contributed by atoms with Gasteiger partial charge in [-0.05, 0) is 30.4 Å². The van der Waals surface area contributed by atoms with Crippen molar-refractivity contribution >= 4 is 17.6 Å². The van der Waals surface area contributed by atoms with Crippen LogP contribution in [0.2, 0.25) is 0 Å². The van der Waals surface area contributed by atoms with E-state index in [1.807, 2.05) is 41.3 Å². The van der Waals surface area contributed by atoms with Crippen molar-refractivity contribution in [2.75, 3.05) is 38.2 Å². The van der Waals surface area contributed by atoms with Crippen LogP contribution in [0, 0.1) is 23.7 Å². The molecule has 3 aliphatic rings. The van der Waals surface area contributed by atoms with Crippen LogP contribution in [0.1, 0.15) is 6.42 Å². The maximum Gasteiger partial charge on any atom is 0.307 e. The quantitative estimate of drug-likeness (QED) is 0.834. The Morgan fingerprint density at radius 1 is 1.04 bits per heavy atom. The number of carbonyl (C=O) groups excluding carboxylic acids is 1. The Balaban J connectivity index is 1.44. The molecule has 0 unspecified atom stereocenters. The summed E-state index contributed by atoms with van der Waals surface area (Å²) in [6.07, 6.45) is 4.82. The van der Waals surface area contributed by atoms with Crippen molar-refractivity contribution in [1.82, 2.24) is 4.90 Å². The second-order valence-electron chi connectivity index (χ2n) is 7.32. The van der Waals surface area contributed by atoms with E-state index in [1.54, 1.807) is 7.11 Å². The second-order valence-corrected chi connectivity index (χ2v) is 7.32. The van der Waals surface area contributed by atoms with Crippen LogP contribution < -0.4 is 9.64 Å². The molecule has 138 valence electrons. The number of benzene rings is 1. The summed E-state index contributed by atoms with van der Waals surface area (Å²) in [5.41, 5.74) is 1.04. The van der Waals surface area contributed by atoms with E-state index in [2.05, 4.69) is 4.90 Å². The fourth-order valence-corrected chi connectivity index (χ4v) is 4.77. The summed E-state index contributed by atoms with van der Waals surface area (Å²) in [5.74, 6) is -0.870. The third kappa shape index (κ3) is 2.73. The number of hydrogen-bond donors (Lipinski definition) is 1. The Morgan fingerprint density at radius 2 is 1.69 bits per heavy atom. The van der Waals surface area contributed by atoms with E-state index in [-0.39, 0.29) is 17.7 Å². The first kappa shape index (κ1) is 16.9. The highest BCUT2D eigenvalue weighted by Gasteiger charge is 2.52. The molecular weight excluding hydrogens is 332 g/mol. The SMILES string of the molecule is COc1ccccc1N1CCN(C(=O)[C@@H]2[C@@H](C(=O)O)[C@@H]3C=C[C@H]2C3)CC1. The van der Waals surface area contributed by atoms with E-state index in [0.717, 1.165) is 30.9 Å². The average molecular weight is 356 g/mol. The number of rotatable bonds is 4. The van der Waals surface area contributed by atoms with Crippen molar-refractivity contribution in [1.29, 1.82) is 0 Å². The molecule has 1 aliphatic heterocycles. The molecule has 1 N–H and O–H groups in total. The topological polar surface area (TPSA) is 70.1 Å². The molecule has 0 spiro atoms. The molecule has 2 aliphatic carbocycles. The normalized spacial score (nSPS) is 29.9. The van der Waals surface area contributed by atoms with Crippen LogP contribution in [0.3, 0.4) is 0 Å². The van der Waals surface area contributed by atoms with Crippen LogP contribution in [-0.4, -0.2) is 55.2 Å². The average Bonchev–Trinajstić information content (AvgIpc) is 3.29. The first-order valence-electron chi connectivity index (χ1n) is 9.18. The molecule has 0 radical (unpaired) electrons. The molecule has 1 aromatic rings. The first-order valence-corrected chi connectivity index (χ1v) is 9.18. The van der Waals surface area contributed by atoms with Crippen molar-refractivity contribution in [2.24, 2.45) is 23.7 Å². The summed E-state index contributed by atoms with van der Waals surface area (Å²) in [6, 6.07) is 7.88. The van der Waals surface area contributed by atoms with Gasteiger partial charge in [0.15, 0.2) is 0 Å². The lowest BCUT2D eigenvalue weighted by molar-refractivity contribution is -0.151. The predicted octanol–water partition coefficient (Wildman–Crippen LogP) is 1.87. The monoisotopic (exact) mass is 356 g/mol. The zero-order valence-corrected chi connectivity index (χ0v) is 14.9. The molecule has 6 heteroatoms. The van der Waals surface area contributed by atoms with Gasteiger partial charge in [0.25, 0.3) is 0 Å². The summed E-state index contributed by atoms with van der Waals surface area (Å²) in [5, 5.41) is 9.57. The van der Waals surface area contributed by atoms with Gasteiger partial charge in [-0.3, -0.25) is 9.59 Å². The number of carbonyl (C=O) groups is 2. The fraction of sp³-hybridized carbons (Fsp3) is 0.500. The minimum Gasteiger partial charge on any atom is -0.495 e. The van der Waals surface area contributed by atoms with Gasteiger partial charge in [-0.25, -0.2) is 0 Å². The molecule has 1 saturated heterocycles. The molecule has 1 amide bonds. The number of nitrogens with zero attached hydrogens (tertiary/aromatic N) is 2. The minimum absolute atomic E-state index is 0.00827. The molecule has 1 aromatic carbocycles. The number of aliphatic carboxylic acids is 1. The number of carboxylic acids is 1. The van der Waals surface area contributed by atoms with Gasteiger partial charge >= 0.3 is 5.97 Å². The fourth-order valence-electron chi connectivity index (χ4n) is 4.77. The zero-order valence-electron chi connectivity index (χ0n) is 14.9. The summed E-state index contributed by atoms with van der Waals surface area (Å²) in [4.78, 5) is 28.8. The number of allylic oxidation sites excluding steroid dienone is 2. The van der Waals surface area contributed by atoms with Gasteiger partial charge in [0.05, 0.1) is 24.6 Å². The number of ether oxygens (including phenoxy) is 1. The van der Waals surface area contributed by atoms with Crippen LogP contribution in [-0.2, 0) is 9.59 Å². The standard InChI is InChI=1S/C20H24N2O4/c1-26-16-5-3-2-4-15(16)21-8-10-22(11-9-21)19(23)17-13-6-7-14(12-13)18(17)20(24)25/h2-7,13-14,17-18H,8-12H2,1H3,(H,24,25)/t13-,14+,17-,18-/m0/s1. The van der Waals surface area contributed by atoms with E-state index in [9.17, 15) is 14.7 Å². The number of anilines is 1. The highest BCUT2D eigenvalue weighted by Crippen LogP contribution is 2.48. The van der Waals surface area contributed by atoms with Crippen LogP contribution in [0.25, 0.3) is 0 Å². The van der Waals surface area contributed by atoms with E-state index in [4.69, 9.17) is 4.74 Å². The minimum atomic E-state index is -0.840. The number of para-hydroxylation sites is 2. The number of piperazine rings is 1. The largest absolute Gasteiger partial charge is 0.495 e. The van der Waals surface area contributed by atoms with E-state index in [1.165, 1.54) is 0 Å². The Hall–Kier alpha value is -2.50.